The third-order valence-corrected chi connectivity index (χ3v) is 6.21. The highest BCUT2D eigenvalue weighted by Gasteiger charge is 2.19. The number of halogens is 1. The van der Waals surface area contributed by atoms with E-state index in [-0.39, 0.29) is 6.54 Å². The summed E-state index contributed by atoms with van der Waals surface area (Å²) in [6.07, 6.45) is 0. The zero-order chi connectivity index (χ0) is 23.0. The molecule has 0 atom stereocenters. The monoisotopic (exact) mass is 469 g/mol. The Labute approximate surface area is 192 Å². The normalized spacial score (nSPS) is 11.0. The molecule has 4 rings (SSSR count). The van der Waals surface area contributed by atoms with Crippen LogP contribution in [0.1, 0.15) is 11.1 Å². The lowest BCUT2D eigenvalue weighted by Crippen LogP contribution is -2.40. The first-order valence-electron chi connectivity index (χ1n) is 9.74. The maximum Gasteiger partial charge on any atom is 0.336 e. The second-order valence-corrected chi connectivity index (χ2v) is 8.68. The van der Waals surface area contributed by atoms with Gasteiger partial charge in [0.2, 0.25) is 5.91 Å². The largest absolute Gasteiger partial charge is 0.495 e. The topological polar surface area (TPSA) is 82.3 Å². The number of hydrogen-bond donors (Lipinski definition) is 1. The molecule has 1 N–H and O–H groups in total. The van der Waals surface area contributed by atoms with Crippen molar-refractivity contribution in [1.82, 2.24) is 9.13 Å². The van der Waals surface area contributed by atoms with Gasteiger partial charge in [-0.2, -0.15) is 0 Å². The van der Waals surface area contributed by atoms with Gasteiger partial charge < -0.3 is 10.1 Å². The summed E-state index contributed by atoms with van der Waals surface area (Å²) >= 11 is 7.27. The van der Waals surface area contributed by atoms with Crippen LogP contribution in [0.4, 0.5) is 5.69 Å². The molecule has 1 amide bonds. The van der Waals surface area contributed by atoms with E-state index in [1.54, 1.807) is 35.7 Å². The molecule has 0 bridgehead atoms. The highest BCUT2D eigenvalue weighted by molar-refractivity contribution is 7.17. The molecular weight excluding hydrogens is 450 g/mol. The minimum absolute atomic E-state index is 0.285. The lowest BCUT2D eigenvalue weighted by Gasteiger charge is -2.15. The van der Waals surface area contributed by atoms with Crippen LogP contribution in [0, 0.1) is 13.8 Å². The van der Waals surface area contributed by atoms with Gasteiger partial charge in [-0.05, 0) is 55.1 Å². The third-order valence-electron chi connectivity index (χ3n) is 5.09. The molecule has 0 aliphatic heterocycles. The number of aryl methyl sites for hydroxylation is 2. The van der Waals surface area contributed by atoms with Crippen LogP contribution < -0.4 is 21.3 Å². The number of methoxy groups -OCH3 is 1. The van der Waals surface area contributed by atoms with E-state index in [9.17, 15) is 14.4 Å². The number of carbonyl (C=O) groups is 1. The fourth-order valence-corrected chi connectivity index (χ4v) is 4.62. The first-order valence-corrected chi connectivity index (χ1v) is 11.0. The molecule has 0 saturated heterocycles. The molecule has 9 heteroatoms. The van der Waals surface area contributed by atoms with Crippen molar-refractivity contribution in [2.45, 2.75) is 20.4 Å². The smallest absolute Gasteiger partial charge is 0.336 e. The number of amides is 1. The SMILES string of the molecule is COc1ccc(Cl)cc1NC(=O)Cn1c(=O)n(-c2ccc(C)cc2C)c(=O)c2sccc21. The molecule has 0 unspecified atom stereocenters. The van der Waals surface area contributed by atoms with E-state index in [1.807, 2.05) is 26.0 Å². The predicted molar refractivity (Wildman–Crippen MR) is 128 cm³/mol. The predicted octanol–water partition coefficient (Wildman–Crippen LogP) is 4.13. The van der Waals surface area contributed by atoms with Crippen molar-refractivity contribution in [3.05, 3.63) is 84.8 Å². The third kappa shape index (κ3) is 3.94. The number of thiophene rings is 1. The van der Waals surface area contributed by atoms with Gasteiger partial charge in [-0.25, -0.2) is 9.36 Å². The molecule has 164 valence electrons. The first-order chi connectivity index (χ1) is 15.3. The number of ether oxygens (including phenoxy) is 1. The van der Waals surface area contributed by atoms with Crippen molar-refractivity contribution in [3.8, 4) is 11.4 Å². The summed E-state index contributed by atoms with van der Waals surface area (Å²) < 4.78 is 8.09. The number of aromatic nitrogens is 2. The average molecular weight is 470 g/mol. The molecular formula is C23H20ClN3O4S. The number of nitrogens with zero attached hydrogens (tertiary/aromatic N) is 2. The molecule has 2 aromatic carbocycles. The lowest BCUT2D eigenvalue weighted by atomic mass is 10.1. The Kier molecular flexibility index (Phi) is 5.90. The Hall–Kier alpha value is -3.36. The molecule has 0 saturated carbocycles. The summed E-state index contributed by atoms with van der Waals surface area (Å²) in [6.45, 7) is 3.50. The Bertz CT molecular complexity index is 1470. The summed E-state index contributed by atoms with van der Waals surface area (Å²) in [5, 5.41) is 4.90. The number of anilines is 1. The molecule has 4 aromatic rings. The number of rotatable bonds is 5. The van der Waals surface area contributed by atoms with Crippen LogP contribution >= 0.6 is 22.9 Å². The van der Waals surface area contributed by atoms with E-state index < -0.39 is 17.2 Å². The van der Waals surface area contributed by atoms with Crippen molar-refractivity contribution in [1.29, 1.82) is 0 Å². The van der Waals surface area contributed by atoms with Crippen LogP contribution in [0.15, 0.2) is 57.4 Å². The molecule has 7 nitrogen and oxygen atoms in total. The number of carbonyl (C=O) groups excluding carboxylic acids is 1. The maximum atomic E-state index is 13.4. The minimum atomic E-state index is -0.582. The summed E-state index contributed by atoms with van der Waals surface area (Å²) in [6, 6.07) is 12.0. The van der Waals surface area contributed by atoms with Crippen molar-refractivity contribution >= 4 is 44.7 Å². The van der Waals surface area contributed by atoms with E-state index in [0.29, 0.717) is 32.4 Å². The maximum absolute atomic E-state index is 13.4. The molecule has 0 radical (unpaired) electrons. The highest BCUT2D eigenvalue weighted by atomic mass is 35.5. The Balaban J connectivity index is 1.81. The number of nitrogens with one attached hydrogen (secondary N) is 1. The fourth-order valence-electron chi connectivity index (χ4n) is 3.62. The van der Waals surface area contributed by atoms with Gasteiger partial charge in [0, 0.05) is 5.02 Å². The standard InChI is InChI=1S/C23H20ClN3O4S/c1-13-4-6-17(14(2)10-13)27-22(29)21-18(8-9-32-21)26(23(27)30)12-20(28)25-16-11-15(24)5-7-19(16)31-3/h4-11H,12H2,1-3H3,(H,25,28). The van der Waals surface area contributed by atoms with Crippen LogP contribution in [0.25, 0.3) is 15.9 Å². The van der Waals surface area contributed by atoms with Crippen LogP contribution in [0.3, 0.4) is 0 Å². The Morgan fingerprint density at radius 2 is 1.91 bits per heavy atom. The molecule has 0 fully saturated rings. The van der Waals surface area contributed by atoms with E-state index in [1.165, 1.54) is 23.0 Å². The van der Waals surface area contributed by atoms with E-state index >= 15 is 0 Å². The Morgan fingerprint density at radius 3 is 2.62 bits per heavy atom. The fraction of sp³-hybridized carbons (Fsp3) is 0.174. The first kappa shape index (κ1) is 21.9. The molecule has 2 aromatic heterocycles. The lowest BCUT2D eigenvalue weighted by molar-refractivity contribution is -0.116. The zero-order valence-electron chi connectivity index (χ0n) is 17.6. The zero-order valence-corrected chi connectivity index (χ0v) is 19.2. The van der Waals surface area contributed by atoms with E-state index in [0.717, 1.165) is 15.7 Å². The summed E-state index contributed by atoms with van der Waals surface area (Å²) in [5.74, 6) is -0.0120. The summed E-state index contributed by atoms with van der Waals surface area (Å²) in [4.78, 5) is 39.4. The van der Waals surface area contributed by atoms with Crippen LogP contribution in [0.2, 0.25) is 5.02 Å². The molecule has 0 aliphatic carbocycles. The molecule has 0 aliphatic rings. The van der Waals surface area contributed by atoms with Crippen LogP contribution in [-0.2, 0) is 11.3 Å². The van der Waals surface area contributed by atoms with Gasteiger partial charge in [-0.15, -0.1) is 11.3 Å². The van der Waals surface area contributed by atoms with Crippen molar-refractivity contribution in [2.24, 2.45) is 0 Å². The summed E-state index contributed by atoms with van der Waals surface area (Å²) in [5.41, 5.74) is 2.13. The number of fused-ring (bicyclic) bond motifs is 1. The highest BCUT2D eigenvalue weighted by Crippen LogP contribution is 2.27. The quantitative estimate of drug-likeness (QED) is 0.476. The second kappa shape index (κ2) is 8.64. The van der Waals surface area contributed by atoms with E-state index in [4.69, 9.17) is 16.3 Å². The summed E-state index contributed by atoms with van der Waals surface area (Å²) in [7, 11) is 1.48. The van der Waals surface area contributed by atoms with Gasteiger partial charge in [-0.1, -0.05) is 29.3 Å². The van der Waals surface area contributed by atoms with Crippen LogP contribution in [0.5, 0.6) is 5.75 Å². The van der Waals surface area contributed by atoms with Gasteiger partial charge in [0.15, 0.2) is 0 Å². The minimum Gasteiger partial charge on any atom is -0.495 e. The number of benzene rings is 2. The van der Waals surface area contributed by atoms with Gasteiger partial charge in [0.25, 0.3) is 5.56 Å². The van der Waals surface area contributed by atoms with Gasteiger partial charge in [0.05, 0.1) is 24.0 Å². The van der Waals surface area contributed by atoms with Gasteiger partial charge in [-0.3, -0.25) is 14.2 Å². The van der Waals surface area contributed by atoms with Gasteiger partial charge >= 0.3 is 5.69 Å². The van der Waals surface area contributed by atoms with Crippen LogP contribution in [-0.4, -0.2) is 22.2 Å². The van der Waals surface area contributed by atoms with Crippen molar-refractivity contribution < 1.29 is 9.53 Å². The Morgan fingerprint density at radius 1 is 1.12 bits per heavy atom. The molecule has 2 heterocycles. The molecule has 32 heavy (non-hydrogen) atoms. The van der Waals surface area contributed by atoms with Crippen molar-refractivity contribution in [3.63, 3.8) is 0 Å². The van der Waals surface area contributed by atoms with E-state index in [2.05, 4.69) is 5.32 Å². The molecule has 0 spiro atoms. The number of hydrogen-bond acceptors (Lipinski definition) is 5. The van der Waals surface area contributed by atoms with Crippen molar-refractivity contribution in [2.75, 3.05) is 12.4 Å². The second-order valence-electron chi connectivity index (χ2n) is 7.33. The van der Waals surface area contributed by atoms with Gasteiger partial charge in [0.1, 0.15) is 17.0 Å². The average Bonchev–Trinajstić information content (AvgIpc) is 3.23.